The van der Waals surface area contributed by atoms with Gasteiger partial charge in [-0.1, -0.05) is 24.3 Å². The molecule has 0 fully saturated rings. The van der Waals surface area contributed by atoms with E-state index < -0.39 is 6.04 Å². The number of hydrogen-bond donors (Lipinski definition) is 3. The summed E-state index contributed by atoms with van der Waals surface area (Å²) in [5.74, 6) is 1.58. The van der Waals surface area contributed by atoms with Crippen molar-refractivity contribution in [2.75, 3.05) is 24.9 Å². The minimum Gasteiger partial charge on any atom is -0.504 e. The fourth-order valence-electron chi connectivity index (χ4n) is 4.36. The zero-order chi connectivity index (χ0) is 25.2. The summed E-state index contributed by atoms with van der Waals surface area (Å²) in [6, 6.07) is 23.4. The quantitative estimate of drug-likeness (QED) is 0.350. The fourth-order valence-corrected chi connectivity index (χ4v) is 4.36. The summed E-state index contributed by atoms with van der Waals surface area (Å²) in [7, 11) is 3.12. The van der Waals surface area contributed by atoms with Gasteiger partial charge in [-0.15, -0.1) is 0 Å². The number of ether oxygens (including phenoxy) is 2. The molecular weight excluding hydrogens is 456 g/mol. The van der Waals surface area contributed by atoms with E-state index in [9.17, 15) is 9.90 Å². The van der Waals surface area contributed by atoms with Crippen molar-refractivity contribution in [1.29, 1.82) is 0 Å². The number of hydrogen-bond acceptors (Lipinski definition) is 6. The predicted molar refractivity (Wildman–Crippen MR) is 138 cm³/mol. The largest absolute Gasteiger partial charge is 0.504 e. The summed E-state index contributed by atoms with van der Waals surface area (Å²) in [5, 5.41) is 21.4. The molecule has 0 saturated carbocycles. The van der Waals surface area contributed by atoms with Crippen molar-refractivity contribution < 1.29 is 19.4 Å². The maximum absolute atomic E-state index is 13.6. The molecule has 36 heavy (non-hydrogen) atoms. The van der Waals surface area contributed by atoms with E-state index in [1.807, 2.05) is 67.6 Å². The number of allylic oxidation sites excluding steroid dienone is 1. The van der Waals surface area contributed by atoms with E-state index in [0.29, 0.717) is 22.7 Å². The minimum atomic E-state index is -0.563. The van der Waals surface area contributed by atoms with E-state index in [1.54, 1.807) is 30.0 Å². The van der Waals surface area contributed by atoms with Gasteiger partial charge >= 0.3 is 0 Å². The van der Waals surface area contributed by atoms with Gasteiger partial charge in [-0.2, -0.15) is 5.10 Å². The predicted octanol–water partition coefficient (Wildman–Crippen LogP) is 5.20. The van der Waals surface area contributed by atoms with Gasteiger partial charge in [0.25, 0.3) is 5.91 Å². The van der Waals surface area contributed by atoms with Crippen molar-refractivity contribution in [3.63, 3.8) is 0 Å². The maximum atomic E-state index is 13.6. The van der Waals surface area contributed by atoms with Crippen molar-refractivity contribution in [2.45, 2.75) is 13.0 Å². The molecule has 3 aromatic carbocycles. The van der Waals surface area contributed by atoms with Crippen LogP contribution < -0.4 is 20.1 Å². The van der Waals surface area contributed by atoms with Gasteiger partial charge in [-0.3, -0.25) is 4.79 Å². The SMILES string of the molecule is COc1ccc(-c2cc3n(n2)[C@@H](c2ccc(O)c(OC)c2)C(C(=O)Nc2ccccc2)=C(C)N3)cc1. The Kier molecular flexibility index (Phi) is 6.08. The molecule has 0 radical (unpaired) electrons. The average Bonchev–Trinajstić information content (AvgIpc) is 3.32. The average molecular weight is 483 g/mol. The molecule has 4 aromatic rings. The zero-order valence-electron chi connectivity index (χ0n) is 20.1. The molecule has 8 heteroatoms. The monoisotopic (exact) mass is 482 g/mol. The smallest absolute Gasteiger partial charge is 0.255 e. The second-order valence-corrected chi connectivity index (χ2v) is 8.41. The molecule has 0 unspecified atom stereocenters. The van der Waals surface area contributed by atoms with Gasteiger partial charge in [-0.25, -0.2) is 4.68 Å². The molecule has 1 aromatic heterocycles. The molecule has 0 aliphatic carbocycles. The summed E-state index contributed by atoms with van der Waals surface area (Å²) in [5.41, 5.74) is 4.30. The number of benzene rings is 3. The summed E-state index contributed by atoms with van der Waals surface area (Å²) in [6.07, 6.45) is 0. The van der Waals surface area contributed by atoms with E-state index in [1.165, 1.54) is 7.11 Å². The van der Waals surface area contributed by atoms with Crippen LogP contribution in [-0.2, 0) is 4.79 Å². The Labute approximate surface area is 208 Å². The van der Waals surface area contributed by atoms with Crippen molar-refractivity contribution in [2.24, 2.45) is 0 Å². The zero-order valence-corrected chi connectivity index (χ0v) is 20.1. The number of aromatic hydroxyl groups is 1. The van der Waals surface area contributed by atoms with Crippen molar-refractivity contribution >= 4 is 17.4 Å². The highest BCUT2D eigenvalue weighted by atomic mass is 16.5. The van der Waals surface area contributed by atoms with E-state index in [0.717, 1.165) is 28.4 Å². The highest BCUT2D eigenvalue weighted by Gasteiger charge is 2.34. The van der Waals surface area contributed by atoms with Crippen LogP contribution in [0, 0.1) is 0 Å². The van der Waals surface area contributed by atoms with Gasteiger partial charge in [0.05, 0.1) is 25.5 Å². The van der Waals surface area contributed by atoms with Gasteiger partial charge in [-0.05, 0) is 61.0 Å². The number of phenols is 1. The van der Waals surface area contributed by atoms with Crippen LogP contribution in [0.2, 0.25) is 0 Å². The van der Waals surface area contributed by atoms with Gasteiger partial charge < -0.3 is 25.2 Å². The third-order valence-corrected chi connectivity index (χ3v) is 6.15. The number of amides is 1. The van der Waals surface area contributed by atoms with Crippen molar-refractivity contribution in [3.05, 3.63) is 95.7 Å². The first-order valence-corrected chi connectivity index (χ1v) is 11.4. The molecule has 2 heterocycles. The summed E-state index contributed by atoms with van der Waals surface area (Å²) in [4.78, 5) is 13.6. The number of phenolic OH excluding ortho intramolecular Hbond substituents is 1. The lowest BCUT2D eigenvalue weighted by Gasteiger charge is -2.30. The normalized spacial score (nSPS) is 14.6. The van der Waals surface area contributed by atoms with Gasteiger partial charge in [0.2, 0.25) is 0 Å². The second-order valence-electron chi connectivity index (χ2n) is 8.41. The third-order valence-electron chi connectivity index (χ3n) is 6.15. The molecule has 8 nitrogen and oxygen atoms in total. The molecule has 0 spiro atoms. The van der Waals surface area contributed by atoms with Crippen LogP contribution in [0.5, 0.6) is 17.2 Å². The maximum Gasteiger partial charge on any atom is 0.255 e. The number of anilines is 2. The number of methoxy groups -OCH3 is 2. The Balaban J connectivity index is 1.61. The fraction of sp³-hybridized carbons (Fsp3) is 0.143. The lowest BCUT2D eigenvalue weighted by atomic mass is 9.94. The Morgan fingerprint density at radius 3 is 2.44 bits per heavy atom. The van der Waals surface area contributed by atoms with E-state index >= 15 is 0 Å². The van der Waals surface area contributed by atoms with Crippen LogP contribution in [0.3, 0.4) is 0 Å². The molecule has 1 atom stereocenters. The van der Waals surface area contributed by atoms with Crippen LogP contribution in [0.4, 0.5) is 11.5 Å². The van der Waals surface area contributed by atoms with Crippen LogP contribution in [-0.4, -0.2) is 35.0 Å². The number of para-hydroxylation sites is 1. The second kappa shape index (κ2) is 9.50. The van der Waals surface area contributed by atoms with E-state index in [-0.39, 0.29) is 11.7 Å². The van der Waals surface area contributed by atoms with Crippen LogP contribution >= 0.6 is 0 Å². The number of carbonyl (C=O) groups excluding carboxylic acids is 1. The highest BCUT2D eigenvalue weighted by molar-refractivity contribution is 6.06. The van der Waals surface area contributed by atoms with Crippen LogP contribution in [0.25, 0.3) is 11.3 Å². The lowest BCUT2D eigenvalue weighted by Crippen LogP contribution is -2.31. The first-order valence-electron chi connectivity index (χ1n) is 11.4. The number of nitrogens with zero attached hydrogens (tertiary/aromatic N) is 2. The highest BCUT2D eigenvalue weighted by Crippen LogP contribution is 2.40. The van der Waals surface area contributed by atoms with Crippen molar-refractivity contribution in [1.82, 2.24) is 9.78 Å². The number of aromatic nitrogens is 2. The summed E-state index contributed by atoms with van der Waals surface area (Å²) >= 11 is 0. The molecule has 0 saturated heterocycles. The Morgan fingerprint density at radius 2 is 1.75 bits per heavy atom. The molecular formula is C28H26N4O4. The minimum absolute atomic E-state index is 0.0192. The summed E-state index contributed by atoms with van der Waals surface area (Å²) < 4.78 is 12.4. The molecule has 182 valence electrons. The number of fused-ring (bicyclic) bond motifs is 1. The van der Waals surface area contributed by atoms with Gasteiger partial charge in [0, 0.05) is 23.0 Å². The van der Waals surface area contributed by atoms with Crippen LogP contribution in [0.15, 0.2) is 90.1 Å². The number of nitrogens with one attached hydrogen (secondary N) is 2. The number of rotatable bonds is 6. The van der Waals surface area contributed by atoms with E-state index in [4.69, 9.17) is 14.6 Å². The van der Waals surface area contributed by atoms with Gasteiger partial charge in [0.15, 0.2) is 11.5 Å². The molecule has 3 N–H and O–H groups in total. The standard InChI is InChI=1S/C28H26N4O4/c1-17-26(28(34)30-20-7-5-4-6-8-20)27(19-11-14-23(33)24(15-19)36-3)32-25(29-17)16-22(31-32)18-9-12-21(35-2)13-10-18/h4-16,27,29,33H,1-3H3,(H,30,34)/t27-/m0/s1. The van der Waals surface area contributed by atoms with E-state index in [2.05, 4.69) is 10.6 Å². The first kappa shape index (κ1) is 23.0. The third kappa shape index (κ3) is 4.24. The summed E-state index contributed by atoms with van der Waals surface area (Å²) in [6.45, 7) is 1.87. The van der Waals surface area contributed by atoms with Gasteiger partial charge in [0.1, 0.15) is 17.6 Å². The molecule has 1 aliphatic rings. The Morgan fingerprint density at radius 1 is 1.00 bits per heavy atom. The molecule has 1 aliphatic heterocycles. The topological polar surface area (TPSA) is 97.6 Å². The Bertz CT molecular complexity index is 1440. The first-order chi connectivity index (χ1) is 17.5. The molecule has 5 rings (SSSR count). The molecule has 0 bridgehead atoms. The number of carbonyl (C=O) groups is 1. The van der Waals surface area contributed by atoms with Crippen LogP contribution in [0.1, 0.15) is 18.5 Å². The lowest BCUT2D eigenvalue weighted by molar-refractivity contribution is -0.113. The van der Waals surface area contributed by atoms with Crippen molar-refractivity contribution in [3.8, 4) is 28.5 Å². The Hall–Kier alpha value is -4.72. The molecule has 1 amide bonds.